The fraction of sp³-hybridized carbons (Fsp3) is 0.368. The molecule has 0 aromatic heterocycles. The number of carbonyl (C=O) groups is 4. The van der Waals surface area contributed by atoms with E-state index in [1.165, 1.54) is 20.0 Å². The third-order valence-electron chi connectivity index (χ3n) is 3.57. The van der Waals surface area contributed by atoms with Crippen LogP contribution in [0.5, 0.6) is 0 Å². The zero-order valence-electron chi connectivity index (χ0n) is 15.4. The number of Topliss-reactive ketones (excluding diaryl/α,β-unsaturated/α-hetero) is 1. The highest BCUT2D eigenvalue weighted by atomic mass is 16.7. The fourth-order valence-corrected chi connectivity index (χ4v) is 2.28. The molecule has 0 atom stereocenters. The van der Waals surface area contributed by atoms with Crippen LogP contribution in [0.25, 0.3) is 0 Å². The van der Waals surface area contributed by atoms with Gasteiger partial charge in [-0.15, -0.1) is 0 Å². The van der Waals surface area contributed by atoms with E-state index in [9.17, 15) is 19.2 Å². The van der Waals surface area contributed by atoms with Gasteiger partial charge in [0.25, 0.3) is 5.79 Å². The number of hydrogen-bond donors (Lipinski definition) is 1. The van der Waals surface area contributed by atoms with Gasteiger partial charge in [0.1, 0.15) is 0 Å². The molecule has 1 fully saturated rings. The first-order valence-electron chi connectivity index (χ1n) is 8.44. The highest BCUT2D eigenvalue weighted by Gasteiger charge is 2.38. The summed E-state index contributed by atoms with van der Waals surface area (Å²) in [4.78, 5) is 47.0. The van der Waals surface area contributed by atoms with Crippen molar-refractivity contribution in [1.29, 1.82) is 0 Å². The molecule has 0 bridgehead atoms. The summed E-state index contributed by atoms with van der Waals surface area (Å²) in [6.07, 6.45) is 1.28. The number of nitrogens with one attached hydrogen (secondary N) is 1. The zero-order chi connectivity index (χ0) is 20.0. The summed E-state index contributed by atoms with van der Waals surface area (Å²) in [7, 11) is 0. The van der Waals surface area contributed by atoms with E-state index in [1.54, 1.807) is 31.2 Å². The molecule has 0 saturated carbocycles. The molecular formula is C19H21NO7. The Balaban J connectivity index is 1.96. The normalized spacial score (nSPS) is 15.4. The third-order valence-corrected chi connectivity index (χ3v) is 3.57. The molecular weight excluding hydrogens is 354 g/mol. The summed E-state index contributed by atoms with van der Waals surface area (Å²) in [6.45, 7) is 4.91. The van der Waals surface area contributed by atoms with Crippen molar-refractivity contribution in [2.45, 2.75) is 39.4 Å². The smallest absolute Gasteiger partial charge is 0.350 e. The lowest BCUT2D eigenvalue weighted by Crippen LogP contribution is -2.42. The van der Waals surface area contributed by atoms with Crippen molar-refractivity contribution in [3.63, 3.8) is 0 Å². The summed E-state index contributed by atoms with van der Waals surface area (Å²) < 4.78 is 14.8. The molecule has 8 heteroatoms. The second kappa shape index (κ2) is 8.48. The van der Waals surface area contributed by atoms with Crippen molar-refractivity contribution in [2.24, 2.45) is 0 Å². The van der Waals surface area contributed by atoms with Crippen LogP contribution in [0.2, 0.25) is 0 Å². The first-order chi connectivity index (χ1) is 12.7. The van der Waals surface area contributed by atoms with Crippen LogP contribution in [-0.2, 0) is 28.6 Å². The van der Waals surface area contributed by atoms with E-state index in [4.69, 9.17) is 14.2 Å². The largest absolute Gasteiger partial charge is 0.466 e. The Morgan fingerprint density at radius 3 is 2.22 bits per heavy atom. The topological polar surface area (TPSA) is 108 Å². The second-order valence-corrected chi connectivity index (χ2v) is 6.19. The quantitative estimate of drug-likeness (QED) is 0.335. The zero-order valence-corrected chi connectivity index (χ0v) is 15.4. The van der Waals surface area contributed by atoms with Crippen LogP contribution in [0.15, 0.2) is 36.0 Å². The Bertz CT molecular complexity index is 756. The van der Waals surface area contributed by atoms with E-state index in [1.807, 2.05) is 0 Å². The molecule has 0 radical (unpaired) electrons. The lowest BCUT2D eigenvalue weighted by Gasteiger charge is -2.29. The lowest BCUT2D eigenvalue weighted by atomic mass is 10.1. The van der Waals surface area contributed by atoms with Gasteiger partial charge in [0.15, 0.2) is 11.4 Å². The molecule has 1 aromatic rings. The fourth-order valence-electron chi connectivity index (χ4n) is 2.28. The van der Waals surface area contributed by atoms with Gasteiger partial charge in [-0.1, -0.05) is 0 Å². The first-order valence-corrected chi connectivity index (χ1v) is 8.44. The number of benzene rings is 1. The standard InChI is InChI=1S/C19H21NO7/c1-4-25-16(22)10-9-15(21)12-5-7-13(8-6-12)20-11-14-17(23)26-19(2,3)27-18(14)24/h5-8,11,20H,4,9-10H2,1-3H3. The van der Waals surface area contributed by atoms with Crippen molar-refractivity contribution in [3.05, 3.63) is 41.6 Å². The van der Waals surface area contributed by atoms with Crippen LogP contribution in [0, 0.1) is 0 Å². The summed E-state index contributed by atoms with van der Waals surface area (Å²) in [6, 6.07) is 6.38. The summed E-state index contributed by atoms with van der Waals surface area (Å²) in [5.41, 5.74) is 0.731. The van der Waals surface area contributed by atoms with Crippen molar-refractivity contribution in [3.8, 4) is 0 Å². The minimum Gasteiger partial charge on any atom is -0.466 e. The molecule has 0 spiro atoms. The number of ether oxygens (including phenoxy) is 3. The monoisotopic (exact) mass is 375 g/mol. The van der Waals surface area contributed by atoms with Gasteiger partial charge in [0.05, 0.1) is 13.0 Å². The highest BCUT2D eigenvalue weighted by Crippen LogP contribution is 2.22. The maximum atomic E-state index is 12.1. The molecule has 1 aliphatic heterocycles. The minimum atomic E-state index is -1.29. The molecule has 1 saturated heterocycles. The predicted octanol–water partition coefficient (Wildman–Crippen LogP) is 2.34. The van der Waals surface area contributed by atoms with Crippen LogP contribution >= 0.6 is 0 Å². The average Bonchev–Trinajstić information content (AvgIpc) is 2.58. The van der Waals surface area contributed by atoms with Gasteiger partial charge in [0.2, 0.25) is 0 Å². The number of ketones is 1. The average molecular weight is 375 g/mol. The number of hydrogen-bond acceptors (Lipinski definition) is 8. The summed E-state index contributed by atoms with van der Waals surface area (Å²) >= 11 is 0. The molecule has 1 aliphatic rings. The highest BCUT2D eigenvalue weighted by molar-refractivity contribution is 6.15. The number of cyclic esters (lactones) is 2. The third kappa shape index (κ3) is 5.67. The van der Waals surface area contributed by atoms with Crippen molar-refractivity contribution in [1.82, 2.24) is 0 Å². The molecule has 0 unspecified atom stereocenters. The number of rotatable bonds is 7. The minimum absolute atomic E-state index is 0.0271. The first kappa shape index (κ1) is 20.2. The van der Waals surface area contributed by atoms with Crippen molar-refractivity contribution in [2.75, 3.05) is 11.9 Å². The number of anilines is 1. The van der Waals surface area contributed by atoms with E-state index in [-0.39, 0.29) is 30.8 Å². The molecule has 144 valence electrons. The summed E-state index contributed by atoms with van der Waals surface area (Å²) in [5.74, 6) is -3.46. The molecule has 1 aromatic carbocycles. The van der Waals surface area contributed by atoms with Gasteiger partial charge in [-0.3, -0.25) is 9.59 Å². The Morgan fingerprint density at radius 2 is 1.67 bits per heavy atom. The van der Waals surface area contributed by atoms with Crippen LogP contribution in [0.3, 0.4) is 0 Å². The van der Waals surface area contributed by atoms with E-state index < -0.39 is 23.7 Å². The molecule has 27 heavy (non-hydrogen) atoms. The maximum absolute atomic E-state index is 12.1. The Hall–Kier alpha value is -3.16. The Kier molecular flexibility index (Phi) is 6.33. The number of esters is 3. The Labute approximate surface area is 156 Å². The maximum Gasteiger partial charge on any atom is 0.350 e. The van der Waals surface area contributed by atoms with Crippen molar-refractivity contribution < 1.29 is 33.4 Å². The molecule has 0 amide bonds. The van der Waals surface area contributed by atoms with Gasteiger partial charge < -0.3 is 19.5 Å². The van der Waals surface area contributed by atoms with Gasteiger partial charge in [-0.25, -0.2) is 9.59 Å². The van der Waals surface area contributed by atoms with E-state index in [2.05, 4.69) is 5.32 Å². The van der Waals surface area contributed by atoms with Crippen LogP contribution in [0.4, 0.5) is 5.69 Å². The molecule has 1 N–H and O–H groups in total. The van der Waals surface area contributed by atoms with Crippen molar-refractivity contribution >= 4 is 29.4 Å². The van der Waals surface area contributed by atoms with Gasteiger partial charge in [-0.2, -0.15) is 0 Å². The molecule has 8 nitrogen and oxygen atoms in total. The van der Waals surface area contributed by atoms with Gasteiger partial charge >= 0.3 is 17.9 Å². The Morgan fingerprint density at radius 1 is 1.07 bits per heavy atom. The second-order valence-electron chi connectivity index (χ2n) is 6.19. The van der Waals surface area contributed by atoms with Crippen LogP contribution < -0.4 is 5.32 Å². The molecule has 2 rings (SSSR count). The van der Waals surface area contributed by atoms with Gasteiger partial charge in [-0.05, 0) is 31.2 Å². The molecule has 1 heterocycles. The SMILES string of the molecule is CCOC(=O)CCC(=O)c1ccc(NC=C2C(=O)OC(C)(C)OC2=O)cc1. The molecule has 0 aliphatic carbocycles. The van der Waals surface area contributed by atoms with E-state index in [0.717, 1.165) is 0 Å². The predicted molar refractivity (Wildman–Crippen MR) is 94.6 cm³/mol. The van der Waals surface area contributed by atoms with E-state index >= 15 is 0 Å². The number of carbonyl (C=O) groups excluding carboxylic acids is 4. The van der Waals surface area contributed by atoms with Gasteiger partial charge in [0, 0.05) is 37.7 Å². The lowest BCUT2D eigenvalue weighted by molar-refractivity contribution is -0.222. The summed E-state index contributed by atoms with van der Waals surface area (Å²) in [5, 5.41) is 2.79. The van der Waals surface area contributed by atoms with E-state index in [0.29, 0.717) is 11.3 Å². The van der Waals surface area contributed by atoms with Crippen LogP contribution in [-0.4, -0.2) is 36.1 Å². The van der Waals surface area contributed by atoms with Crippen LogP contribution in [0.1, 0.15) is 44.0 Å².